The number of carbonyl (C=O) groups is 1. The highest BCUT2D eigenvalue weighted by Gasteiger charge is 2.12. The smallest absolute Gasteiger partial charge is 0.338 e. The van der Waals surface area contributed by atoms with Gasteiger partial charge < -0.3 is 9.84 Å². The van der Waals surface area contributed by atoms with E-state index in [4.69, 9.17) is 9.84 Å². The van der Waals surface area contributed by atoms with Crippen molar-refractivity contribution in [3.05, 3.63) is 34.9 Å². The van der Waals surface area contributed by atoms with Crippen LogP contribution in [0.1, 0.15) is 34.3 Å². The molecule has 0 unspecified atom stereocenters. The molecule has 0 bridgehead atoms. The maximum absolute atomic E-state index is 11.8. The molecule has 88 valence electrons. The van der Waals surface area contributed by atoms with Gasteiger partial charge in [-0.2, -0.15) is 0 Å². The average Bonchev–Trinajstić information content (AvgIpc) is 2.24. The lowest BCUT2D eigenvalue weighted by Gasteiger charge is -2.09. The van der Waals surface area contributed by atoms with Crippen LogP contribution in [-0.2, 0) is 4.74 Å². The fourth-order valence-corrected chi connectivity index (χ4v) is 1.59. The molecule has 0 aliphatic rings. The molecule has 0 aliphatic carbocycles. The Morgan fingerprint density at radius 2 is 1.88 bits per heavy atom. The summed E-state index contributed by atoms with van der Waals surface area (Å²) in [7, 11) is 0. The van der Waals surface area contributed by atoms with Gasteiger partial charge in [0.2, 0.25) is 0 Å². The monoisotopic (exact) mass is 222 g/mol. The number of carbonyl (C=O) groups excluding carboxylic acids is 1. The first-order valence-electron chi connectivity index (χ1n) is 5.51. The third kappa shape index (κ3) is 3.35. The molecule has 0 aromatic heterocycles. The van der Waals surface area contributed by atoms with E-state index in [0.717, 1.165) is 11.1 Å². The van der Waals surface area contributed by atoms with E-state index in [-0.39, 0.29) is 12.6 Å². The lowest BCUT2D eigenvalue weighted by molar-refractivity contribution is 0.0491. The van der Waals surface area contributed by atoms with Crippen LogP contribution in [0.5, 0.6) is 0 Å². The van der Waals surface area contributed by atoms with Crippen LogP contribution in [0.2, 0.25) is 0 Å². The van der Waals surface area contributed by atoms with Gasteiger partial charge in [-0.15, -0.1) is 0 Å². The van der Waals surface area contributed by atoms with Crippen LogP contribution in [0.25, 0.3) is 0 Å². The molecular weight excluding hydrogens is 204 g/mol. The topological polar surface area (TPSA) is 46.5 Å². The van der Waals surface area contributed by atoms with Crippen molar-refractivity contribution in [3.63, 3.8) is 0 Å². The molecule has 1 rings (SSSR count). The van der Waals surface area contributed by atoms with Gasteiger partial charge in [0, 0.05) is 6.61 Å². The van der Waals surface area contributed by atoms with Gasteiger partial charge in [0.25, 0.3) is 0 Å². The molecule has 1 aromatic carbocycles. The minimum atomic E-state index is -0.270. The number of hydrogen-bond acceptors (Lipinski definition) is 3. The number of aliphatic hydroxyl groups excluding tert-OH is 1. The summed E-state index contributed by atoms with van der Waals surface area (Å²) in [6, 6.07) is 5.72. The number of aryl methyl sites for hydroxylation is 2. The molecule has 0 aliphatic heterocycles. The molecule has 0 radical (unpaired) electrons. The Balaban J connectivity index is 2.59. The molecule has 0 spiro atoms. The lowest BCUT2D eigenvalue weighted by atomic mass is 10.0. The van der Waals surface area contributed by atoms with Crippen molar-refractivity contribution in [2.45, 2.75) is 26.7 Å². The van der Waals surface area contributed by atoms with Gasteiger partial charge in [-0.3, -0.25) is 0 Å². The Labute approximate surface area is 96.1 Å². The van der Waals surface area contributed by atoms with E-state index in [2.05, 4.69) is 0 Å². The maximum atomic E-state index is 11.8. The summed E-state index contributed by atoms with van der Waals surface area (Å²) in [5.74, 6) is -0.270. The van der Waals surface area contributed by atoms with E-state index in [1.54, 1.807) is 0 Å². The zero-order valence-corrected chi connectivity index (χ0v) is 9.82. The van der Waals surface area contributed by atoms with Gasteiger partial charge >= 0.3 is 5.97 Å². The molecule has 1 aromatic rings. The second-order valence-corrected chi connectivity index (χ2v) is 3.83. The van der Waals surface area contributed by atoms with Crippen LogP contribution >= 0.6 is 0 Å². The number of unbranched alkanes of at least 4 members (excludes halogenated alkanes) is 1. The Bertz CT molecular complexity index is 338. The standard InChI is InChI=1S/C13H18O3/c1-10-6-5-7-11(2)12(10)13(15)16-9-4-3-8-14/h5-7,14H,3-4,8-9H2,1-2H3. The summed E-state index contributed by atoms with van der Waals surface area (Å²) < 4.78 is 5.14. The van der Waals surface area contributed by atoms with E-state index in [0.29, 0.717) is 25.0 Å². The van der Waals surface area contributed by atoms with Crippen LogP contribution < -0.4 is 0 Å². The molecule has 0 atom stereocenters. The molecule has 0 saturated heterocycles. The first kappa shape index (κ1) is 12.7. The minimum absolute atomic E-state index is 0.140. The fraction of sp³-hybridized carbons (Fsp3) is 0.462. The molecule has 3 nitrogen and oxygen atoms in total. The summed E-state index contributed by atoms with van der Waals surface area (Å²) in [6.07, 6.45) is 1.37. The maximum Gasteiger partial charge on any atom is 0.338 e. The second-order valence-electron chi connectivity index (χ2n) is 3.83. The number of benzene rings is 1. The van der Waals surface area contributed by atoms with Gasteiger partial charge in [0.15, 0.2) is 0 Å². The van der Waals surface area contributed by atoms with Gasteiger partial charge in [-0.1, -0.05) is 18.2 Å². The molecule has 0 saturated carbocycles. The SMILES string of the molecule is Cc1cccc(C)c1C(=O)OCCCCO. The van der Waals surface area contributed by atoms with Gasteiger partial charge in [0.1, 0.15) is 0 Å². The van der Waals surface area contributed by atoms with Crippen LogP contribution in [0.15, 0.2) is 18.2 Å². The molecule has 16 heavy (non-hydrogen) atoms. The largest absolute Gasteiger partial charge is 0.462 e. The van der Waals surface area contributed by atoms with E-state index in [1.807, 2.05) is 32.0 Å². The first-order chi connectivity index (χ1) is 7.66. The Morgan fingerprint density at radius 1 is 1.25 bits per heavy atom. The van der Waals surface area contributed by atoms with Crippen molar-refractivity contribution in [1.29, 1.82) is 0 Å². The molecule has 3 heteroatoms. The third-order valence-electron chi connectivity index (χ3n) is 2.47. The van der Waals surface area contributed by atoms with Crippen molar-refractivity contribution in [3.8, 4) is 0 Å². The summed E-state index contributed by atoms with van der Waals surface area (Å²) in [5, 5.41) is 8.60. The number of esters is 1. The lowest BCUT2D eigenvalue weighted by Crippen LogP contribution is -2.10. The van der Waals surface area contributed by atoms with Crippen LogP contribution in [0.3, 0.4) is 0 Å². The molecule has 1 N–H and O–H groups in total. The van der Waals surface area contributed by atoms with E-state index >= 15 is 0 Å². The summed E-state index contributed by atoms with van der Waals surface area (Å²) in [5.41, 5.74) is 2.53. The summed E-state index contributed by atoms with van der Waals surface area (Å²) in [4.78, 5) is 11.8. The summed E-state index contributed by atoms with van der Waals surface area (Å²) in [6.45, 7) is 4.31. The second kappa shape index (κ2) is 6.28. The van der Waals surface area contributed by atoms with Crippen molar-refractivity contribution >= 4 is 5.97 Å². The minimum Gasteiger partial charge on any atom is -0.462 e. The van der Waals surface area contributed by atoms with Crippen molar-refractivity contribution in [2.24, 2.45) is 0 Å². The van der Waals surface area contributed by atoms with Crippen LogP contribution in [0, 0.1) is 13.8 Å². The zero-order valence-electron chi connectivity index (χ0n) is 9.82. The third-order valence-corrected chi connectivity index (χ3v) is 2.47. The van der Waals surface area contributed by atoms with Crippen molar-refractivity contribution < 1.29 is 14.6 Å². The van der Waals surface area contributed by atoms with E-state index in [1.165, 1.54) is 0 Å². The van der Waals surface area contributed by atoms with Crippen molar-refractivity contribution in [1.82, 2.24) is 0 Å². The highest BCUT2D eigenvalue weighted by molar-refractivity contribution is 5.92. The van der Waals surface area contributed by atoms with Crippen LogP contribution in [0.4, 0.5) is 0 Å². The molecular formula is C13H18O3. The average molecular weight is 222 g/mol. The number of hydrogen-bond donors (Lipinski definition) is 1. The predicted molar refractivity (Wildman–Crippen MR) is 62.5 cm³/mol. The Morgan fingerprint density at radius 3 is 2.44 bits per heavy atom. The zero-order chi connectivity index (χ0) is 12.0. The molecule has 0 amide bonds. The predicted octanol–water partition coefficient (Wildman–Crippen LogP) is 2.23. The summed E-state index contributed by atoms with van der Waals surface area (Å²) >= 11 is 0. The molecule has 0 heterocycles. The number of rotatable bonds is 5. The first-order valence-corrected chi connectivity index (χ1v) is 5.51. The van der Waals surface area contributed by atoms with Gasteiger partial charge in [0.05, 0.1) is 12.2 Å². The van der Waals surface area contributed by atoms with Crippen molar-refractivity contribution in [2.75, 3.05) is 13.2 Å². The van der Waals surface area contributed by atoms with E-state index < -0.39 is 0 Å². The van der Waals surface area contributed by atoms with E-state index in [9.17, 15) is 4.79 Å². The fourth-order valence-electron chi connectivity index (χ4n) is 1.59. The quantitative estimate of drug-likeness (QED) is 0.614. The van der Waals surface area contributed by atoms with Crippen LogP contribution in [-0.4, -0.2) is 24.3 Å². The number of ether oxygens (including phenoxy) is 1. The van der Waals surface area contributed by atoms with Gasteiger partial charge in [-0.05, 0) is 37.8 Å². The normalized spacial score (nSPS) is 10.2. The highest BCUT2D eigenvalue weighted by Crippen LogP contribution is 2.14. The molecule has 0 fully saturated rings. The number of aliphatic hydroxyl groups is 1. The Kier molecular flexibility index (Phi) is 4.99. The highest BCUT2D eigenvalue weighted by atomic mass is 16.5. The Hall–Kier alpha value is -1.35. The van der Waals surface area contributed by atoms with Gasteiger partial charge in [-0.25, -0.2) is 4.79 Å².